The molecule has 7 heteroatoms. The molecule has 1 aliphatic carbocycles. The zero-order valence-electron chi connectivity index (χ0n) is 24.2. The van der Waals surface area contributed by atoms with E-state index in [4.69, 9.17) is 9.47 Å². The smallest absolute Gasteiger partial charge is 0.254 e. The fraction of sp³-hybridized carbons (Fsp3) is 0.412. The third-order valence-corrected chi connectivity index (χ3v) is 9.02. The molecule has 3 aromatic carbocycles. The molecule has 3 aromatic rings. The Hall–Kier alpha value is -3.84. The zero-order chi connectivity index (χ0) is 28.6. The number of benzene rings is 3. The first-order chi connectivity index (χ1) is 19.8. The van der Waals surface area contributed by atoms with Crippen molar-refractivity contribution in [3.63, 3.8) is 0 Å². The highest BCUT2D eigenvalue weighted by Crippen LogP contribution is 2.43. The average molecular weight is 554 g/mol. The Kier molecular flexibility index (Phi) is 7.47. The molecule has 3 aliphatic rings. The highest BCUT2D eigenvalue weighted by atomic mass is 16.5. The second kappa shape index (κ2) is 11.2. The molecule has 1 N–H and O–H groups in total. The Labute approximate surface area is 242 Å². The third kappa shape index (κ3) is 5.43. The molecule has 2 aliphatic heterocycles. The molecule has 0 saturated carbocycles. The lowest BCUT2D eigenvalue weighted by Gasteiger charge is -2.40. The number of nitrogens with zero attached hydrogens (tertiary/aromatic N) is 2. The number of nitrogens with one attached hydrogen (secondary N) is 1. The number of methoxy groups -OCH3 is 1. The molecule has 0 bridgehead atoms. The number of amides is 2. The van der Waals surface area contributed by atoms with Crippen molar-refractivity contribution in [1.29, 1.82) is 0 Å². The van der Waals surface area contributed by atoms with Crippen molar-refractivity contribution >= 4 is 17.5 Å². The highest BCUT2D eigenvalue weighted by molar-refractivity contribution is 5.98. The number of rotatable bonds is 5. The first kappa shape index (κ1) is 27.3. The lowest BCUT2D eigenvalue weighted by molar-refractivity contribution is -0.127. The summed E-state index contributed by atoms with van der Waals surface area (Å²) in [6, 6.07) is 21.3. The number of fused-ring (bicyclic) bond motifs is 2. The van der Waals surface area contributed by atoms with Gasteiger partial charge in [0.25, 0.3) is 5.91 Å². The van der Waals surface area contributed by atoms with Gasteiger partial charge in [0, 0.05) is 37.3 Å². The van der Waals surface area contributed by atoms with Crippen LogP contribution >= 0.6 is 0 Å². The fourth-order valence-electron chi connectivity index (χ4n) is 6.58. The number of morpholine rings is 1. The van der Waals surface area contributed by atoms with E-state index in [0.29, 0.717) is 31.7 Å². The van der Waals surface area contributed by atoms with Gasteiger partial charge in [-0.3, -0.25) is 9.59 Å². The van der Waals surface area contributed by atoms with Crippen molar-refractivity contribution in [2.24, 2.45) is 0 Å². The van der Waals surface area contributed by atoms with Crippen molar-refractivity contribution in [3.05, 3.63) is 94.5 Å². The van der Waals surface area contributed by atoms with Crippen LogP contribution in [0.5, 0.6) is 5.75 Å². The van der Waals surface area contributed by atoms with E-state index < -0.39 is 6.04 Å². The molecule has 41 heavy (non-hydrogen) atoms. The van der Waals surface area contributed by atoms with Crippen molar-refractivity contribution in [2.75, 3.05) is 38.3 Å². The van der Waals surface area contributed by atoms with E-state index in [0.717, 1.165) is 54.1 Å². The summed E-state index contributed by atoms with van der Waals surface area (Å²) >= 11 is 0. The summed E-state index contributed by atoms with van der Waals surface area (Å²) in [6.07, 6.45) is 2.28. The van der Waals surface area contributed by atoms with Gasteiger partial charge in [0.05, 0.1) is 26.4 Å². The zero-order valence-corrected chi connectivity index (χ0v) is 24.2. The summed E-state index contributed by atoms with van der Waals surface area (Å²) in [5.41, 5.74) is 6.15. The lowest BCUT2D eigenvalue weighted by Crippen LogP contribution is -2.53. The van der Waals surface area contributed by atoms with Gasteiger partial charge in [-0.25, -0.2) is 0 Å². The molecule has 6 rings (SSSR count). The van der Waals surface area contributed by atoms with Gasteiger partial charge in [0.15, 0.2) is 0 Å². The Bertz CT molecular complexity index is 1450. The van der Waals surface area contributed by atoms with Gasteiger partial charge in [0.1, 0.15) is 11.8 Å². The van der Waals surface area contributed by atoms with Crippen molar-refractivity contribution < 1.29 is 19.1 Å². The van der Waals surface area contributed by atoms with Gasteiger partial charge < -0.3 is 24.6 Å². The minimum atomic E-state index is -0.603. The van der Waals surface area contributed by atoms with Gasteiger partial charge in [-0.2, -0.15) is 0 Å². The van der Waals surface area contributed by atoms with Crippen molar-refractivity contribution in [3.8, 4) is 5.75 Å². The van der Waals surface area contributed by atoms with Crippen LogP contribution in [0.3, 0.4) is 0 Å². The SMILES string of the molecule is COc1ccc2c(c1)C(NC(=O)C1Cc3ccccc3CN1C(=O)c1cccc(N3CCOCC3)c1)CCC2(C)C. The van der Waals surface area contributed by atoms with Gasteiger partial charge in [0.2, 0.25) is 5.91 Å². The highest BCUT2D eigenvalue weighted by Gasteiger charge is 2.38. The summed E-state index contributed by atoms with van der Waals surface area (Å²) < 4.78 is 11.0. The summed E-state index contributed by atoms with van der Waals surface area (Å²) in [5, 5.41) is 3.35. The topological polar surface area (TPSA) is 71.1 Å². The average Bonchev–Trinajstić information content (AvgIpc) is 3.01. The number of hydrogen-bond donors (Lipinski definition) is 1. The van der Waals surface area contributed by atoms with Gasteiger partial charge >= 0.3 is 0 Å². The van der Waals surface area contributed by atoms with Crippen LogP contribution in [0.2, 0.25) is 0 Å². The monoisotopic (exact) mass is 553 g/mol. The van der Waals surface area contributed by atoms with Crippen LogP contribution in [0.15, 0.2) is 66.7 Å². The molecular weight excluding hydrogens is 514 g/mol. The number of ether oxygens (including phenoxy) is 2. The Morgan fingerprint density at radius 1 is 0.976 bits per heavy atom. The van der Waals surface area contributed by atoms with E-state index in [-0.39, 0.29) is 23.3 Å². The number of carbonyl (C=O) groups excluding carboxylic acids is 2. The van der Waals surface area contributed by atoms with Crippen LogP contribution < -0.4 is 15.0 Å². The van der Waals surface area contributed by atoms with Gasteiger partial charge in [-0.05, 0) is 70.8 Å². The number of hydrogen-bond acceptors (Lipinski definition) is 5. The van der Waals surface area contributed by atoms with Crippen molar-refractivity contribution in [2.45, 2.75) is 57.2 Å². The number of anilines is 1. The maximum Gasteiger partial charge on any atom is 0.254 e. The van der Waals surface area contributed by atoms with Crippen LogP contribution in [0.1, 0.15) is 65.3 Å². The van der Waals surface area contributed by atoms with Crippen LogP contribution in [0, 0.1) is 0 Å². The predicted octanol–water partition coefficient (Wildman–Crippen LogP) is 5.03. The van der Waals surface area contributed by atoms with E-state index in [9.17, 15) is 9.59 Å². The molecular formula is C34H39N3O4. The summed E-state index contributed by atoms with van der Waals surface area (Å²) in [5.74, 6) is 0.543. The Balaban J connectivity index is 1.29. The first-order valence-electron chi connectivity index (χ1n) is 14.6. The minimum Gasteiger partial charge on any atom is -0.497 e. The van der Waals surface area contributed by atoms with Crippen LogP contribution in [0.25, 0.3) is 0 Å². The second-order valence-electron chi connectivity index (χ2n) is 12.0. The fourth-order valence-corrected chi connectivity index (χ4v) is 6.58. The lowest BCUT2D eigenvalue weighted by atomic mass is 9.71. The second-order valence-corrected chi connectivity index (χ2v) is 12.0. The normalized spacial score (nSPS) is 21.4. The van der Waals surface area contributed by atoms with Gasteiger partial charge in [-0.1, -0.05) is 50.2 Å². The van der Waals surface area contributed by atoms with Crippen LogP contribution in [0.4, 0.5) is 5.69 Å². The van der Waals surface area contributed by atoms with E-state index in [2.05, 4.69) is 48.3 Å². The van der Waals surface area contributed by atoms with E-state index in [1.54, 1.807) is 12.0 Å². The maximum absolute atomic E-state index is 14.1. The molecule has 214 valence electrons. The third-order valence-electron chi connectivity index (χ3n) is 9.02. The molecule has 0 aromatic heterocycles. The Morgan fingerprint density at radius 3 is 2.54 bits per heavy atom. The van der Waals surface area contributed by atoms with E-state index >= 15 is 0 Å². The first-order valence-corrected chi connectivity index (χ1v) is 14.6. The van der Waals surface area contributed by atoms with Gasteiger partial charge in [-0.15, -0.1) is 0 Å². The molecule has 0 radical (unpaired) electrons. The molecule has 2 unspecified atom stereocenters. The largest absolute Gasteiger partial charge is 0.497 e. The molecule has 2 amide bonds. The summed E-state index contributed by atoms with van der Waals surface area (Å²) in [6.45, 7) is 7.85. The molecule has 1 fully saturated rings. The maximum atomic E-state index is 14.1. The summed E-state index contributed by atoms with van der Waals surface area (Å²) in [7, 11) is 1.67. The molecule has 7 nitrogen and oxygen atoms in total. The number of carbonyl (C=O) groups is 2. The molecule has 2 heterocycles. The molecule has 0 spiro atoms. The standard InChI is InChI=1S/C34H39N3O4/c1-34(2)14-13-30(28-21-27(40-3)11-12-29(28)34)35-32(38)31-20-23-7-4-5-8-25(23)22-37(31)33(39)24-9-6-10-26(19-24)36-15-17-41-18-16-36/h4-12,19,21,30-31H,13-18,20,22H2,1-3H3,(H,35,38). The van der Waals surface area contributed by atoms with E-state index in [1.165, 1.54) is 5.56 Å². The quantitative estimate of drug-likeness (QED) is 0.480. The molecule has 1 saturated heterocycles. The van der Waals surface area contributed by atoms with Crippen molar-refractivity contribution in [1.82, 2.24) is 10.2 Å². The van der Waals surface area contributed by atoms with Crippen LogP contribution in [-0.4, -0.2) is 56.2 Å². The molecule has 2 atom stereocenters. The van der Waals surface area contributed by atoms with Crippen LogP contribution in [-0.2, 0) is 27.9 Å². The predicted molar refractivity (Wildman–Crippen MR) is 159 cm³/mol. The summed E-state index contributed by atoms with van der Waals surface area (Å²) in [4.78, 5) is 32.2. The minimum absolute atomic E-state index is 0.0140. The van der Waals surface area contributed by atoms with E-state index in [1.807, 2.05) is 42.5 Å². The Morgan fingerprint density at radius 2 is 1.76 bits per heavy atom.